The first kappa shape index (κ1) is 11.5. The molecular weight excluding hydrogens is 226 g/mol. The van der Waals surface area contributed by atoms with Crippen LogP contribution in [0.15, 0.2) is 24.3 Å². The lowest BCUT2D eigenvalue weighted by atomic mass is 9.92. The number of para-hydroxylation sites is 1. The van der Waals surface area contributed by atoms with Crippen LogP contribution in [0.3, 0.4) is 0 Å². The number of nitrogens with one attached hydrogen (secondary N) is 2. The molecule has 1 aromatic rings. The maximum Gasteiger partial charge on any atom is 0.227 e. The molecule has 1 unspecified atom stereocenters. The number of hydrogen-bond acceptors (Lipinski definition) is 3. The van der Waals surface area contributed by atoms with E-state index in [0.717, 1.165) is 39.1 Å². The quantitative estimate of drug-likeness (QED) is 0.765. The van der Waals surface area contributed by atoms with Gasteiger partial charge in [0.05, 0.1) is 5.92 Å². The van der Waals surface area contributed by atoms with Crippen LogP contribution in [0.25, 0.3) is 0 Å². The summed E-state index contributed by atoms with van der Waals surface area (Å²) in [5.74, 6) is 0.400. The zero-order valence-corrected chi connectivity index (χ0v) is 10.5. The molecule has 1 fully saturated rings. The van der Waals surface area contributed by atoms with Crippen molar-refractivity contribution < 1.29 is 4.79 Å². The van der Waals surface area contributed by atoms with E-state index >= 15 is 0 Å². The van der Waals surface area contributed by atoms with Crippen LogP contribution in [0.1, 0.15) is 5.56 Å². The third kappa shape index (κ3) is 2.20. The number of rotatable bonds is 1. The van der Waals surface area contributed by atoms with E-state index in [1.165, 1.54) is 11.3 Å². The minimum absolute atomic E-state index is 0.0954. The van der Waals surface area contributed by atoms with E-state index in [0.29, 0.717) is 5.91 Å². The van der Waals surface area contributed by atoms with Gasteiger partial charge >= 0.3 is 0 Å². The van der Waals surface area contributed by atoms with Gasteiger partial charge in [-0.25, -0.2) is 0 Å². The van der Waals surface area contributed by atoms with E-state index in [4.69, 9.17) is 0 Å². The van der Waals surface area contributed by atoms with Crippen molar-refractivity contribution in [1.82, 2.24) is 10.2 Å². The number of amides is 1. The molecule has 1 saturated heterocycles. The predicted molar refractivity (Wildman–Crippen MR) is 71.6 cm³/mol. The first-order valence-electron chi connectivity index (χ1n) is 6.66. The van der Waals surface area contributed by atoms with Gasteiger partial charge in [0.1, 0.15) is 0 Å². The van der Waals surface area contributed by atoms with Gasteiger partial charge in [-0.1, -0.05) is 18.2 Å². The Balaban J connectivity index is 1.69. The zero-order valence-electron chi connectivity index (χ0n) is 10.5. The molecule has 4 nitrogen and oxygen atoms in total. The van der Waals surface area contributed by atoms with Crippen molar-refractivity contribution >= 4 is 11.6 Å². The second-order valence-corrected chi connectivity index (χ2v) is 5.01. The second-order valence-electron chi connectivity index (χ2n) is 5.01. The van der Waals surface area contributed by atoms with E-state index in [1.54, 1.807) is 0 Å². The molecule has 96 valence electrons. The summed E-state index contributed by atoms with van der Waals surface area (Å²) in [6, 6.07) is 8.27. The van der Waals surface area contributed by atoms with Crippen molar-refractivity contribution in [2.45, 2.75) is 6.42 Å². The van der Waals surface area contributed by atoms with Crippen molar-refractivity contribution in [2.24, 2.45) is 5.92 Å². The molecule has 0 radical (unpaired) electrons. The average molecular weight is 245 g/mol. The SMILES string of the molecule is O=C(C1CNc2ccccc2C1)N1CCNCC1. The Bertz CT molecular complexity index is 440. The van der Waals surface area contributed by atoms with Crippen LogP contribution in [-0.4, -0.2) is 43.5 Å². The number of piperazine rings is 1. The minimum Gasteiger partial charge on any atom is -0.384 e. The topological polar surface area (TPSA) is 44.4 Å². The molecule has 0 bridgehead atoms. The summed E-state index contributed by atoms with van der Waals surface area (Å²) in [5, 5.41) is 6.65. The summed E-state index contributed by atoms with van der Waals surface area (Å²) in [6.45, 7) is 4.29. The number of carbonyl (C=O) groups excluding carboxylic acids is 1. The molecule has 0 spiro atoms. The monoisotopic (exact) mass is 245 g/mol. The Morgan fingerprint density at radius 2 is 2.00 bits per heavy atom. The van der Waals surface area contributed by atoms with Crippen LogP contribution in [0, 0.1) is 5.92 Å². The van der Waals surface area contributed by atoms with E-state index in [9.17, 15) is 4.79 Å². The molecule has 2 heterocycles. The zero-order chi connectivity index (χ0) is 12.4. The highest BCUT2D eigenvalue weighted by Crippen LogP contribution is 2.25. The van der Waals surface area contributed by atoms with Gasteiger partial charge in [-0.15, -0.1) is 0 Å². The van der Waals surface area contributed by atoms with Crippen LogP contribution < -0.4 is 10.6 Å². The Hall–Kier alpha value is -1.55. The Kier molecular flexibility index (Phi) is 3.19. The largest absolute Gasteiger partial charge is 0.384 e. The van der Waals surface area contributed by atoms with E-state index in [-0.39, 0.29) is 5.92 Å². The van der Waals surface area contributed by atoms with Crippen molar-refractivity contribution in [3.63, 3.8) is 0 Å². The fraction of sp³-hybridized carbons (Fsp3) is 0.500. The number of benzene rings is 1. The fourth-order valence-corrected chi connectivity index (χ4v) is 2.76. The highest BCUT2D eigenvalue weighted by atomic mass is 16.2. The van der Waals surface area contributed by atoms with Gasteiger partial charge < -0.3 is 15.5 Å². The average Bonchev–Trinajstić information content (AvgIpc) is 2.47. The molecule has 2 N–H and O–H groups in total. The molecule has 0 saturated carbocycles. The molecular formula is C14H19N3O. The molecule has 1 atom stereocenters. The fourth-order valence-electron chi connectivity index (χ4n) is 2.76. The standard InChI is InChI=1S/C14H19N3O/c18-14(17-7-5-15-6-8-17)12-9-11-3-1-2-4-13(11)16-10-12/h1-4,12,15-16H,5-10H2. The lowest BCUT2D eigenvalue weighted by Gasteiger charge is -2.33. The van der Waals surface area contributed by atoms with Crippen molar-refractivity contribution in [2.75, 3.05) is 38.0 Å². The third-order valence-electron chi connectivity index (χ3n) is 3.80. The normalized spacial score (nSPS) is 23.1. The molecule has 0 aliphatic carbocycles. The summed E-state index contributed by atoms with van der Waals surface area (Å²) < 4.78 is 0. The van der Waals surface area contributed by atoms with Crippen molar-refractivity contribution in [3.05, 3.63) is 29.8 Å². The van der Waals surface area contributed by atoms with Gasteiger partial charge in [-0.05, 0) is 18.1 Å². The molecule has 3 rings (SSSR count). The Labute approximate surface area is 107 Å². The van der Waals surface area contributed by atoms with Crippen molar-refractivity contribution in [1.29, 1.82) is 0 Å². The molecule has 4 heteroatoms. The number of anilines is 1. The number of hydrogen-bond donors (Lipinski definition) is 2. The van der Waals surface area contributed by atoms with Crippen LogP contribution in [0.5, 0.6) is 0 Å². The second kappa shape index (κ2) is 4.98. The van der Waals surface area contributed by atoms with Gasteiger partial charge in [0.25, 0.3) is 0 Å². The molecule has 1 aromatic carbocycles. The maximum atomic E-state index is 12.4. The number of nitrogens with zero attached hydrogens (tertiary/aromatic N) is 1. The predicted octanol–water partition coefficient (Wildman–Crippen LogP) is 0.703. The lowest BCUT2D eigenvalue weighted by Crippen LogP contribution is -2.50. The number of carbonyl (C=O) groups is 1. The first-order valence-corrected chi connectivity index (χ1v) is 6.66. The van der Waals surface area contributed by atoms with Gasteiger partial charge in [-0.3, -0.25) is 4.79 Å². The minimum atomic E-state index is 0.0954. The summed E-state index contributed by atoms with van der Waals surface area (Å²) >= 11 is 0. The van der Waals surface area contributed by atoms with E-state index in [1.807, 2.05) is 17.0 Å². The Morgan fingerprint density at radius 3 is 2.83 bits per heavy atom. The molecule has 2 aliphatic heterocycles. The molecule has 0 aromatic heterocycles. The lowest BCUT2D eigenvalue weighted by molar-refractivity contribution is -0.135. The molecule has 2 aliphatic rings. The van der Waals surface area contributed by atoms with E-state index in [2.05, 4.69) is 22.8 Å². The first-order chi connectivity index (χ1) is 8.84. The summed E-state index contributed by atoms with van der Waals surface area (Å²) in [7, 11) is 0. The van der Waals surface area contributed by atoms with E-state index < -0.39 is 0 Å². The highest BCUT2D eigenvalue weighted by Gasteiger charge is 2.28. The number of fused-ring (bicyclic) bond motifs is 1. The summed E-state index contributed by atoms with van der Waals surface area (Å²) in [4.78, 5) is 14.4. The highest BCUT2D eigenvalue weighted by molar-refractivity contribution is 5.81. The van der Waals surface area contributed by atoms with Crippen LogP contribution in [-0.2, 0) is 11.2 Å². The Morgan fingerprint density at radius 1 is 1.22 bits per heavy atom. The van der Waals surface area contributed by atoms with Crippen molar-refractivity contribution in [3.8, 4) is 0 Å². The summed E-state index contributed by atoms with van der Waals surface area (Å²) in [6.07, 6.45) is 0.867. The van der Waals surface area contributed by atoms with Gasteiger partial charge in [0.2, 0.25) is 5.91 Å². The maximum absolute atomic E-state index is 12.4. The van der Waals surface area contributed by atoms with Gasteiger partial charge in [-0.2, -0.15) is 0 Å². The molecule has 18 heavy (non-hydrogen) atoms. The van der Waals surface area contributed by atoms with Crippen LogP contribution in [0.4, 0.5) is 5.69 Å². The summed E-state index contributed by atoms with van der Waals surface area (Å²) in [5.41, 5.74) is 2.44. The molecule has 1 amide bonds. The third-order valence-corrected chi connectivity index (χ3v) is 3.80. The van der Waals surface area contributed by atoms with Gasteiger partial charge in [0, 0.05) is 38.4 Å². The van der Waals surface area contributed by atoms with Crippen LogP contribution in [0.2, 0.25) is 0 Å². The van der Waals surface area contributed by atoms with Gasteiger partial charge in [0.15, 0.2) is 0 Å². The smallest absolute Gasteiger partial charge is 0.227 e. The van der Waals surface area contributed by atoms with Crippen LogP contribution >= 0.6 is 0 Å².